The summed E-state index contributed by atoms with van der Waals surface area (Å²) in [4.78, 5) is 21.9. The van der Waals surface area contributed by atoms with Gasteiger partial charge in [-0.05, 0) is 54.9 Å². The van der Waals surface area contributed by atoms with Crippen LogP contribution in [0.4, 0.5) is 5.00 Å². The van der Waals surface area contributed by atoms with E-state index in [1.54, 1.807) is 41.7 Å². The number of hydrogen-bond donors (Lipinski definition) is 1. The molecule has 0 fully saturated rings. The van der Waals surface area contributed by atoms with Crippen molar-refractivity contribution in [2.24, 2.45) is 0 Å². The molecule has 0 aliphatic carbocycles. The van der Waals surface area contributed by atoms with E-state index in [1.165, 1.54) is 22.6 Å². The number of hydrogen-bond acceptors (Lipinski definition) is 7. The Labute approximate surface area is 219 Å². The lowest BCUT2D eigenvalue weighted by Crippen LogP contribution is -2.29. The van der Waals surface area contributed by atoms with E-state index >= 15 is 0 Å². The van der Waals surface area contributed by atoms with Crippen molar-refractivity contribution in [1.29, 1.82) is 0 Å². The molecule has 1 N–H and O–H groups in total. The standard InChI is InChI=1S/C25H25N3O3S3.ClH/c1-3-28-14-13-18-21(15-28)33-25(22(18)24-26-19-7-5-6-8-20(19)32-24)27-23(29)16-9-11-17(12-10-16)34(30,31)4-2;/h5-12H,3-4,13-15H2,1-2H3,(H,27,29);1H. The van der Waals surface area contributed by atoms with Crippen molar-refractivity contribution < 1.29 is 13.2 Å². The molecule has 6 nitrogen and oxygen atoms in total. The van der Waals surface area contributed by atoms with Gasteiger partial charge < -0.3 is 5.32 Å². The number of likely N-dealkylation sites (N-methyl/N-ethyl adjacent to an activating group) is 1. The van der Waals surface area contributed by atoms with Gasteiger partial charge in [0.15, 0.2) is 9.84 Å². The van der Waals surface area contributed by atoms with Gasteiger partial charge in [0.25, 0.3) is 5.91 Å². The zero-order valence-corrected chi connectivity index (χ0v) is 22.7. The van der Waals surface area contributed by atoms with Gasteiger partial charge in [-0.3, -0.25) is 9.69 Å². The third-order valence-electron chi connectivity index (χ3n) is 6.17. The quantitative estimate of drug-likeness (QED) is 0.326. The highest BCUT2D eigenvalue weighted by Crippen LogP contribution is 2.45. The third-order valence-corrected chi connectivity index (χ3v) is 10.1. The van der Waals surface area contributed by atoms with E-state index in [0.29, 0.717) is 5.56 Å². The van der Waals surface area contributed by atoms with Gasteiger partial charge in [-0.1, -0.05) is 26.0 Å². The number of carbonyl (C=O) groups excluding carboxylic acids is 1. The molecule has 2 aromatic heterocycles. The van der Waals surface area contributed by atoms with E-state index in [1.807, 2.05) is 18.2 Å². The Morgan fingerprint density at radius 1 is 1.09 bits per heavy atom. The molecule has 0 radical (unpaired) electrons. The van der Waals surface area contributed by atoms with Crippen LogP contribution in [0.1, 0.15) is 34.6 Å². The Morgan fingerprint density at radius 2 is 1.83 bits per heavy atom. The minimum atomic E-state index is -3.31. The number of aromatic nitrogens is 1. The van der Waals surface area contributed by atoms with E-state index in [2.05, 4.69) is 23.2 Å². The highest BCUT2D eigenvalue weighted by molar-refractivity contribution is 7.91. The fraction of sp³-hybridized carbons (Fsp3) is 0.280. The van der Waals surface area contributed by atoms with E-state index < -0.39 is 9.84 Å². The van der Waals surface area contributed by atoms with Crippen molar-refractivity contribution in [1.82, 2.24) is 9.88 Å². The molecule has 10 heteroatoms. The van der Waals surface area contributed by atoms with Gasteiger partial charge in [0.1, 0.15) is 10.0 Å². The summed E-state index contributed by atoms with van der Waals surface area (Å²) in [7, 11) is -3.31. The molecule has 0 atom stereocenters. The number of nitrogens with one attached hydrogen (secondary N) is 1. The fourth-order valence-electron chi connectivity index (χ4n) is 4.18. The van der Waals surface area contributed by atoms with Crippen LogP contribution in [0.3, 0.4) is 0 Å². The van der Waals surface area contributed by atoms with Crippen molar-refractivity contribution in [3.05, 3.63) is 64.5 Å². The van der Waals surface area contributed by atoms with E-state index in [4.69, 9.17) is 4.98 Å². The number of anilines is 1. The van der Waals surface area contributed by atoms with Crippen molar-refractivity contribution in [2.45, 2.75) is 31.7 Å². The van der Waals surface area contributed by atoms with Crippen molar-refractivity contribution in [3.8, 4) is 10.6 Å². The SMILES string of the molecule is CCN1CCc2c(sc(NC(=O)c3ccc(S(=O)(=O)CC)cc3)c2-c2nc3ccccc3s2)C1.Cl. The molecular formula is C25H26ClN3O3S3. The van der Waals surface area contributed by atoms with Crippen LogP contribution >= 0.6 is 35.1 Å². The molecule has 184 valence electrons. The Morgan fingerprint density at radius 3 is 2.51 bits per heavy atom. The van der Waals surface area contributed by atoms with Crippen LogP contribution in [0.15, 0.2) is 53.4 Å². The lowest BCUT2D eigenvalue weighted by Gasteiger charge is -2.25. The second-order valence-corrected chi connectivity index (χ2v) is 12.6. The number of benzene rings is 2. The summed E-state index contributed by atoms with van der Waals surface area (Å²) in [5, 5.41) is 4.83. The molecule has 1 aliphatic rings. The van der Waals surface area contributed by atoms with Gasteiger partial charge in [0, 0.05) is 29.1 Å². The van der Waals surface area contributed by atoms with Crippen molar-refractivity contribution >= 4 is 66.0 Å². The summed E-state index contributed by atoms with van der Waals surface area (Å²) >= 11 is 3.26. The number of fused-ring (bicyclic) bond motifs is 2. The molecule has 0 unspecified atom stereocenters. The summed E-state index contributed by atoms with van der Waals surface area (Å²) in [6.45, 7) is 6.62. The van der Waals surface area contributed by atoms with Crippen molar-refractivity contribution in [3.63, 3.8) is 0 Å². The molecular weight excluding hydrogens is 522 g/mol. The number of carbonyl (C=O) groups is 1. The number of thiazole rings is 1. The molecule has 3 heterocycles. The molecule has 0 spiro atoms. The summed E-state index contributed by atoms with van der Waals surface area (Å²) < 4.78 is 25.3. The Kier molecular flexibility index (Phi) is 7.63. The summed E-state index contributed by atoms with van der Waals surface area (Å²) in [5.41, 5.74) is 3.68. The zero-order valence-electron chi connectivity index (χ0n) is 19.4. The molecule has 0 bridgehead atoms. The van der Waals surface area contributed by atoms with E-state index in [-0.39, 0.29) is 29.0 Å². The normalized spacial score (nSPS) is 13.9. The van der Waals surface area contributed by atoms with Crippen molar-refractivity contribution in [2.75, 3.05) is 24.2 Å². The molecule has 1 amide bonds. The second-order valence-electron chi connectivity index (χ2n) is 8.20. The first-order chi connectivity index (χ1) is 16.4. The van der Waals surface area contributed by atoms with Gasteiger partial charge in [0.05, 0.1) is 20.9 Å². The first-order valence-corrected chi connectivity index (χ1v) is 14.5. The smallest absolute Gasteiger partial charge is 0.256 e. The maximum atomic E-state index is 13.2. The number of amides is 1. The van der Waals surface area contributed by atoms with E-state index in [0.717, 1.165) is 51.8 Å². The van der Waals surface area contributed by atoms with Gasteiger partial charge >= 0.3 is 0 Å². The van der Waals surface area contributed by atoms with Gasteiger partial charge in [-0.2, -0.15) is 0 Å². The number of halogens is 1. The molecule has 0 saturated heterocycles. The van der Waals surface area contributed by atoms with Crippen LogP contribution in [0, 0.1) is 0 Å². The summed E-state index contributed by atoms with van der Waals surface area (Å²) in [5.74, 6) is -0.228. The minimum absolute atomic E-state index is 0. The van der Waals surface area contributed by atoms with E-state index in [9.17, 15) is 13.2 Å². The maximum Gasteiger partial charge on any atom is 0.256 e. The average molecular weight is 548 g/mol. The molecule has 5 rings (SSSR count). The lowest BCUT2D eigenvalue weighted by atomic mass is 10.0. The first-order valence-electron chi connectivity index (χ1n) is 11.3. The highest BCUT2D eigenvalue weighted by Gasteiger charge is 2.27. The topological polar surface area (TPSA) is 79.4 Å². The van der Waals surface area contributed by atoms with Gasteiger partial charge in [-0.15, -0.1) is 35.1 Å². The number of thiophene rings is 1. The first kappa shape index (κ1) is 25.8. The Balaban J connectivity index is 0.00000289. The monoisotopic (exact) mass is 547 g/mol. The zero-order chi connectivity index (χ0) is 23.9. The second kappa shape index (κ2) is 10.4. The predicted octanol–water partition coefficient (Wildman–Crippen LogP) is 5.87. The molecule has 0 saturated carbocycles. The molecule has 4 aromatic rings. The third kappa shape index (κ3) is 5.01. The van der Waals surface area contributed by atoms with Crippen LogP contribution in [0.2, 0.25) is 0 Å². The summed E-state index contributed by atoms with van der Waals surface area (Å²) in [6.07, 6.45) is 0.921. The lowest BCUT2D eigenvalue weighted by molar-refractivity contribution is 0.102. The molecule has 1 aliphatic heterocycles. The van der Waals surface area contributed by atoms with Gasteiger partial charge in [-0.25, -0.2) is 13.4 Å². The number of nitrogens with zero attached hydrogens (tertiary/aromatic N) is 2. The average Bonchev–Trinajstić information content (AvgIpc) is 3.44. The van der Waals surface area contributed by atoms with Gasteiger partial charge in [0.2, 0.25) is 0 Å². The van der Waals surface area contributed by atoms with Crippen LogP contribution in [-0.2, 0) is 22.8 Å². The van der Waals surface area contributed by atoms with Crippen LogP contribution < -0.4 is 5.32 Å². The fourth-order valence-corrected chi connectivity index (χ4v) is 7.46. The summed E-state index contributed by atoms with van der Waals surface area (Å²) in [6, 6.07) is 14.2. The van der Waals surface area contributed by atoms with Crippen LogP contribution in [0.5, 0.6) is 0 Å². The van der Waals surface area contributed by atoms with Crippen LogP contribution in [0.25, 0.3) is 20.8 Å². The molecule has 35 heavy (non-hydrogen) atoms. The number of rotatable bonds is 6. The van der Waals surface area contributed by atoms with Crippen LogP contribution in [-0.4, -0.2) is 43.1 Å². The number of sulfone groups is 1. The predicted molar refractivity (Wildman–Crippen MR) is 147 cm³/mol. The largest absolute Gasteiger partial charge is 0.313 e. The number of para-hydroxylation sites is 1. The minimum Gasteiger partial charge on any atom is -0.313 e. The Bertz CT molecular complexity index is 1440. The Hall–Kier alpha value is -2.30. The highest BCUT2D eigenvalue weighted by atomic mass is 35.5. The maximum absolute atomic E-state index is 13.2. The molecule has 2 aromatic carbocycles.